The average molecular weight is 188 g/mol. The lowest BCUT2D eigenvalue weighted by Crippen LogP contribution is -1.99. The molecule has 0 bridgehead atoms. The molecule has 13 heavy (non-hydrogen) atoms. The molecule has 2 rings (SSSR count). The van der Waals surface area contributed by atoms with Crippen LogP contribution in [-0.2, 0) is 12.8 Å². The molecular weight excluding hydrogens is 180 g/mol. The van der Waals surface area contributed by atoms with Crippen molar-refractivity contribution in [2.24, 2.45) is 0 Å². The number of hydrogen-bond donors (Lipinski definition) is 0. The Morgan fingerprint density at radius 2 is 1.85 bits per heavy atom. The average Bonchev–Trinajstić information content (AvgIpc) is 2.55. The lowest BCUT2D eigenvalue weighted by atomic mass is 9.95. The summed E-state index contributed by atoms with van der Waals surface area (Å²) in [4.78, 5) is 1.87. The van der Waals surface area contributed by atoms with E-state index < -0.39 is 0 Å². The maximum Gasteiger partial charge on any atom is 0.123 e. The summed E-state index contributed by atoms with van der Waals surface area (Å²) in [6.45, 7) is 0. The molecule has 1 aromatic heterocycles. The van der Waals surface area contributed by atoms with Crippen molar-refractivity contribution in [1.82, 2.24) is 0 Å². The Morgan fingerprint density at radius 3 is 2.54 bits per heavy atom. The van der Waals surface area contributed by atoms with Crippen LogP contribution in [0.15, 0.2) is 0 Å². The van der Waals surface area contributed by atoms with E-state index in [1.54, 1.807) is 0 Å². The molecule has 0 saturated carbocycles. The van der Waals surface area contributed by atoms with Crippen molar-refractivity contribution in [2.45, 2.75) is 25.7 Å². The fourth-order valence-electron chi connectivity index (χ4n) is 1.76. The Labute approximate surface area is 81.0 Å². The molecule has 0 radical (unpaired) electrons. The molecule has 0 atom stereocenters. The Morgan fingerprint density at radius 1 is 1.08 bits per heavy atom. The Hall–Kier alpha value is -1.32. The third-order valence-corrected chi connectivity index (χ3v) is 3.58. The quantitative estimate of drug-likeness (QED) is 0.627. The van der Waals surface area contributed by atoms with Crippen LogP contribution < -0.4 is 0 Å². The van der Waals surface area contributed by atoms with E-state index in [4.69, 9.17) is 10.5 Å². The van der Waals surface area contributed by atoms with Gasteiger partial charge < -0.3 is 0 Å². The van der Waals surface area contributed by atoms with E-state index >= 15 is 0 Å². The van der Waals surface area contributed by atoms with E-state index in [-0.39, 0.29) is 0 Å². The van der Waals surface area contributed by atoms with Gasteiger partial charge in [-0.15, -0.1) is 11.3 Å². The van der Waals surface area contributed by atoms with Gasteiger partial charge in [-0.1, -0.05) is 0 Å². The van der Waals surface area contributed by atoms with Crippen LogP contribution in [0, 0.1) is 22.7 Å². The second-order valence-electron chi connectivity index (χ2n) is 3.14. The highest BCUT2D eigenvalue weighted by Crippen LogP contribution is 2.33. The van der Waals surface area contributed by atoms with Crippen LogP contribution in [-0.4, -0.2) is 0 Å². The van der Waals surface area contributed by atoms with Crippen LogP contribution in [0.3, 0.4) is 0 Å². The van der Waals surface area contributed by atoms with Gasteiger partial charge in [0, 0.05) is 4.88 Å². The highest BCUT2D eigenvalue weighted by atomic mass is 32.1. The van der Waals surface area contributed by atoms with Crippen LogP contribution >= 0.6 is 11.3 Å². The SMILES string of the molecule is N#Cc1sc2c(c1C#N)CCCC2. The molecule has 64 valence electrons. The van der Waals surface area contributed by atoms with Crippen LogP contribution in [0.5, 0.6) is 0 Å². The second kappa shape index (κ2) is 3.20. The fourth-order valence-corrected chi connectivity index (χ4v) is 2.90. The largest absolute Gasteiger partial charge is 0.192 e. The van der Waals surface area contributed by atoms with Gasteiger partial charge in [0.1, 0.15) is 17.0 Å². The molecule has 0 unspecified atom stereocenters. The minimum Gasteiger partial charge on any atom is -0.192 e. The molecule has 1 heterocycles. The van der Waals surface area contributed by atoms with E-state index in [1.807, 2.05) is 0 Å². The second-order valence-corrected chi connectivity index (χ2v) is 4.24. The molecule has 0 N–H and O–H groups in total. The highest BCUT2D eigenvalue weighted by molar-refractivity contribution is 7.13. The van der Waals surface area contributed by atoms with Gasteiger partial charge in [0.05, 0.1) is 5.56 Å². The molecule has 1 aliphatic rings. The fraction of sp³-hybridized carbons (Fsp3) is 0.400. The van der Waals surface area contributed by atoms with Gasteiger partial charge in [-0.2, -0.15) is 10.5 Å². The van der Waals surface area contributed by atoms with Crippen molar-refractivity contribution in [3.8, 4) is 12.1 Å². The highest BCUT2D eigenvalue weighted by Gasteiger charge is 2.19. The summed E-state index contributed by atoms with van der Waals surface area (Å²) in [6, 6.07) is 4.24. The van der Waals surface area contributed by atoms with Crippen molar-refractivity contribution >= 4 is 11.3 Å². The zero-order valence-electron chi connectivity index (χ0n) is 7.13. The molecule has 0 aromatic carbocycles. The number of hydrogen-bond acceptors (Lipinski definition) is 3. The normalized spacial score (nSPS) is 14.3. The molecule has 0 fully saturated rings. The third-order valence-electron chi connectivity index (χ3n) is 2.38. The first-order chi connectivity index (χ1) is 6.36. The van der Waals surface area contributed by atoms with Crippen molar-refractivity contribution in [3.05, 3.63) is 20.9 Å². The lowest BCUT2D eigenvalue weighted by Gasteiger charge is -2.09. The zero-order valence-corrected chi connectivity index (χ0v) is 7.95. The van der Waals surface area contributed by atoms with E-state index in [9.17, 15) is 0 Å². The zero-order chi connectivity index (χ0) is 9.26. The van der Waals surface area contributed by atoms with Gasteiger partial charge in [0.15, 0.2) is 0 Å². The first-order valence-corrected chi connectivity index (χ1v) is 5.13. The molecule has 0 spiro atoms. The lowest BCUT2D eigenvalue weighted by molar-refractivity contribution is 0.696. The summed E-state index contributed by atoms with van der Waals surface area (Å²) in [5.41, 5.74) is 1.79. The monoisotopic (exact) mass is 188 g/mol. The van der Waals surface area contributed by atoms with Crippen molar-refractivity contribution < 1.29 is 0 Å². The number of rotatable bonds is 0. The summed E-state index contributed by atoms with van der Waals surface area (Å²) in [5.74, 6) is 0. The van der Waals surface area contributed by atoms with E-state index in [2.05, 4.69) is 12.1 Å². The van der Waals surface area contributed by atoms with Crippen molar-refractivity contribution in [1.29, 1.82) is 10.5 Å². The van der Waals surface area contributed by atoms with Crippen LogP contribution in [0.2, 0.25) is 0 Å². The Kier molecular flexibility index (Phi) is 2.04. The molecule has 0 saturated heterocycles. The van der Waals surface area contributed by atoms with Crippen molar-refractivity contribution in [2.75, 3.05) is 0 Å². The predicted molar refractivity (Wildman–Crippen MR) is 50.4 cm³/mol. The predicted octanol–water partition coefficient (Wildman–Crippen LogP) is 2.37. The van der Waals surface area contributed by atoms with Crippen LogP contribution in [0.1, 0.15) is 33.7 Å². The maximum atomic E-state index is 8.90. The topological polar surface area (TPSA) is 47.6 Å². The summed E-state index contributed by atoms with van der Waals surface area (Å²) < 4.78 is 0. The Bertz CT molecular complexity index is 417. The smallest absolute Gasteiger partial charge is 0.123 e. The van der Waals surface area contributed by atoms with Gasteiger partial charge in [-0.3, -0.25) is 0 Å². The molecule has 1 aliphatic carbocycles. The summed E-state index contributed by atoms with van der Waals surface area (Å²) >= 11 is 1.50. The first kappa shape index (κ1) is 8.29. The molecule has 2 nitrogen and oxygen atoms in total. The minimum absolute atomic E-state index is 0.606. The first-order valence-electron chi connectivity index (χ1n) is 4.31. The maximum absolute atomic E-state index is 8.90. The van der Waals surface area contributed by atoms with E-state index in [0.29, 0.717) is 10.4 Å². The minimum atomic E-state index is 0.606. The molecule has 0 amide bonds. The summed E-state index contributed by atoms with van der Waals surface area (Å²) in [5, 5.41) is 17.7. The summed E-state index contributed by atoms with van der Waals surface area (Å²) in [7, 11) is 0. The van der Waals surface area contributed by atoms with Gasteiger partial charge >= 0.3 is 0 Å². The van der Waals surface area contributed by atoms with E-state index in [0.717, 1.165) is 24.8 Å². The number of aryl methyl sites for hydroxylation is 1. The number of nitrogens with zero attached hydrogens (tertiary/aromatic N) is 2. The van der Waals surface area contributed by atoms with Gasteiger partial charge in [-0.25, -0.2) is 0 Å². The van der Waals surface area contributed by atoms with Gasteiger partial charge in [0.2, 0.25) is 0 Å². The molecule has 1 aromatic rings. The van der Waals surface area contributed by atoms with Gasteiger partial charge in [0.25, 0.3) is 0 Å². The third kappa shape index (κ3) is 1.22. The van der Waals surface area contributed by atoms with E-state index in [1.165, 1.54) is 22.6 Å². The summed E-state index contributed by atoms with van der Waals surface area (Å²) in [6.07, 6.45) is 4.39. The van der Waals surface area contributed by atoms with Crippen molar-refractivity contribution in [3.63, 3.8) is 0 Å². The van der Waals surface area contributed by atoms with Gasteiger partial charge in [-0.05, 0) is 31.2 Å². The molecular formula is C10H8N2S. The standard InChI is InChI=1S/C10H8N2S/c11-5-8-7-3-1-2-4-9(7)13-10(8)6-12/h1-4H2. The number of thiophene rings is 1. The number of nitriles is 2. The van der Waals surface area contributed by atoms with Crippen LogP contribution in [0.25, 0.3) is 0 Å². The number of fused-ring (bicyclic) bond motifs is 1. The Balaban J connectivity index is 2.60. The molecule has 0 aliphatic heterocycles. The van der Waals surface area contributed by atoms with Crippen LogP contribution in [0.4, 0.5) is 0 Å². The molecule has 3 heteroatoms.